The second kappa shape index (κ2) is 7.41. The first-order valence-electron chi connectivity index (χ1n) is 9.06. The summed E-state index contributed by atoms with van der Waals surface area (Å²) >= 11 is 0. The zero-order valence-corrected chi connectivity index (χ0v) is 14.6. The van der Waals surface area contributed by atoms with Gasteiger partial charge >= 0.3 is 0 Å². The van der Waals surface area contributed by atoms with Gasteiger partial charge in [0.05, 0.1) is 6.20 Å². The number of aromatic nitrogens is 1. The lowest BCUT2D eigenvalue weighted by Gasteiger charge is -2.39. The number of hydrogen-bond acceptors (Lipinski definition) is 4. The van der Waals surface area contributed by atoms with E-state index in [2.05, 4.69) is 9.88 Å². The van der Waals surface area contributed by atoms with Crippen LogP contribution in [0.1, 0.15) is 28.8 Å². The van der Waals surface area contributed by atoms with Gasteiger partial charge in [-0.15, -0.1) is 0 Å². The van der Waals surface area contributed by atoms with Crippen LogP contribution in [0.2, 0.25) is 0 Å². The van der Waals surface area contributed by atoms with E-state index in [1.807, 2.05) is 29.2 Å². The van der Waals surface area contributed by atoms with Crippen LogP contribution >= 0.6 is 0 Å². The topological polar surface area (TPSA) is 45.7 Å². The molecule has 2 aromatic rings. The molecule has 6 heteroatoms. The van der Waals surface area contributed by atoms with Crippen molar-refractivity contribution in [3.63, 3.8) is 0 Å². The standard InChI is InChI=1S/C20H22FN3O2/c21-19-11-22-7-6-16(19)12-23-13-18(14-23)26-17-5-3-4-15(10-17)20(25)24-8-1-2-9-24/h3-7,10-11,18H,1-2,8-9,12-14H2. The quantitative estimate of drug-likeness (QED) is 0.827. The molecule has 0 aliphatic carbocycles. The first-order chi connectivity index (χ1) is 12.7. The summed E-state index contributed by atoms with van der Waals surface area (Å²) in [5, 5.41) is 0. The van der Waals surface area contributed by atoms with Gasteiger partial charge in [0.1, 0.15) is 17.7 Å². The number of ether oxygens (including phenoxy) is 1. The summed E-state index contributed by atoms with van der Waals surface area (Å²) in [6.45, 7) is 3.72. The van der Waals surface area contributed by atoms with Crippen molar-refractivity contribution in [3.8, 4) is 5.75 Å². The number of hydrogen-bond donors (Lipinski definition) is 0. The summed E-state index contributed by atoms with van der Waals surface area (Å²) in [5.41, 5.74) is 1.33. The number of nitrogens with zero attached hydrogens (tertiary/aromatic N) is 3. The molecule has 26 heavy (non-hydrogen) atoms. The van der Waals surface area contributed by atoms with E-state index < -0.39 is 0 Å². The van der Waals surface area contributed by atoms with Gasteiger partial charge in [-0.3, -0.25) is 14.7 Å². The largest absolute Gasteiger partial charge is 0.488 e. The Bertz CT molecular complexity index is 786. The molecule has 0 atom stereocenters. The van der Waals surface area contributed by atoms with Crippen LogP contribution in [-0.2, 0) is 6.54 Å². The molecule has 2 fully saturated rings. The summed E-state index contributed by atoms with van der Waals surface area (Å²) in [6, 6.07) is 9.11. The third kappa shape index (κ3) is 3.70. The third-order valence-corrected chi connectivity index (χ3v) is 4.95. The number of amides is 1. The number of pyridine rings is 1. The Balaban J connectivity index is 1.31. The minimum Gasteiger partial charge on any atom is -0.488 e. The highest BCUT2D eigenvalue weighted by atomic mass is 19.1. The molecule has 1 aromatic heterocycles. The molecule has 0 saturated carbocycles. The van der Waals surface area contributed by atoms with Crippen LogP contribution in [0, 0.1) is 5.82 Å². The minimum absolute atomic E-state index is 0.0667. The van der Waals surface area contributed by atoms with E-state index in [-0.39, 0.29) is 17.8 Å². The van der Waals surface area contributed by atoms with E-state index in [0.29, 0.717) is 17.7 Å². The average molecular weight is 355 g/mol. The van der Waals surface area contributed by atoms with Gasteiger partial charge in [0.2, 0.25) is 0 Å². The molecule has 2 aliphatic rings. The predicted molar refractivity (Wildman–Crippen MR) is 95.5 cm³/mol. The predicted octanol–water partition coefficient (Wildman–Crippen LogP) is 2.72. The van der Waals surface area contributed by atoms with Gasteiger partial charge < -0.3 is 9.64 Å². The van der Waals surface area contributed by atoms with Crippen molar-refractivity contribution < 1.29 is 13.9 Å². The van der Waals surface area contributed by atoms with Crippen molar-refractivity contribution in [2.75, 3.05) is 26.2 Å². The molecule has 2 saturated heterocycles. The molecule has 136 valence electrons. The molecule has 4 rings (SSSR count). The van der Waals surface area contributed by atoms with Crippen LogP contribution in [0.25, 0.3) is 0 Å². The van der Waals surface area contributed by atoms with Crippen LogP contribution in [-0.4, -0.2) is 53.0 Å². The Morgan fingerprint density at radius 1 is 1.23 bits per heavy atom. The first-order valence-corrected chi connectivity index (χ1v) is 9.06. The molecule has 0 radical (unpaired) electrons. The molecule has 1 aromatic carbocycles. The van der Waals surface area contributed by atoms with Crippen LogP contribution in [0.5, 0.6) is 5.75 Å². The number of carbonyl (C=O) groups excluding carboxylic acids is 1. The van der Waals surface area contributed by atoms with Crippen LogP contribution < -0.4 is 4.74 Å². The molecule has 0 spiro atoms. The molecule has 0 unspecified atom stereocenters. The lowest BCUT2D eigenvalue weighted by atomic mass is 10.1. The van der Waals surface area contributed by atoms with E-state index in [1.165, 1.54) is 6.20 Å². The summed E-state index contributed by atoms with van der Waals surface area (Å²) in [5.74, 6) is 0.524. The summed E-state index contributed by atoms with van der Waals surface area (Å²) in [7, 11) is 0. The summed E-state index contributed by atoms with van der Waals surface area (Å²) in [6.07, 6.45) is 5.08. The summed E-state index contributed by atoms with van der Waals surface area (Å²) in [4.78, 5) is 20.3. The lowest BCUT2D eigenvalue weighted by Crippen LogP contribution is -2.53. The zero-order valence-electron chi connectivity index (χ0n) is 14.6. The van der Waals surface area contributed by atoms with E-state index in [9.17, 15) is 9.18 Å². The number of likely N-dealkylation sites (tertiary alicyclic amines) is 2. The van der Waals surface area contributed by atoms with Crippen molar-refractivity contribution >= 4 is 5.91 Å². The van der Waals surface area contributed by atoms with Crippen LogP contribution in [0.4, 0.5) is 4.39 Å². The normalized spacial score (nSPS) is 18.0. The molecular weight excluding hydrogens is 333 g/mol. The fourth-order valence-corrected chi connectivity index (χ4v) is 3.50. The highest BCUT2D eigenvalue weighted by Gasteiger charge is 2.29. The molecule has 2 aliphatic heterocycles. The molecule has 0 N–H and O–H groups in total. The maximum Gasteiger partial charge on any atom is 0.253 e. The molecule has 1 amide bonds. The van der Waals surface area contributed by atoms with Gasteiger partial charge in [-0.25, -0.2) is 4.39 Å². The Kier molecular flexibility index (Phi) is 4.84. The molecule has 3 heterocycles. The van der Waals surface area contributed by atoms with Gasteiger partial charge in [0.15, 0.2) is 0 Å². The average Bonchev–Trinajstić information content (AvgIpc) is 3.16. The molecular formula is C20H22FN3O2. The van der Waals surface area contributed by atoms with Gasteiger partial charge in [-0.2, -0.15) is 0 Å². The second-order valence-electron chi connectivity index (χ2n) is 6.93. The van der Waals surface area contributed by atoms with E-state index >= 15 is 0 Å². The van der Waals surface area contributed by atoms with Crippen molar-refractivity contribution in [3.05, 3.63) is 59.7 Å². The Morgan fingerprint density at radius 3 is 2.81 bits per heavy atom. The minimum atomic E-state index is -0.273. The van der Waals surface area contributed by atoms with E-state index in [4.69, 9.17) is 4.74 Å². The Labute approximate surface area is 152 Å². The van der Waals surface area contributed by atoms with Gasteiger partial charge in [0, 0.05) is 50.0 Å². The van der Waals surface area contributed by atoms with E-state index in [1.54, 1.807) is 12.3 Å². The van der Waals surface area contributed by atoms with Crippen molar-refractivity contribution in [2.24, 2.45) is 0 Å². The Morgan fingerprint density at radius 2 is 2.04 bits per heavy atom. The first kappa shape index (κ1) is 17.0. The van der Waals surface area contributed by atoms with Gasteiger partial charge in [-0.05, 0) is 37.1 Å². The maximum atomic E-state index is 13.6. The van der Waals surface area contributed by atoms with Gasteiger partial charge in [0.25, 0.3) is 5.91 Å². The molecule has 5 nitrogen and oxygen atoms in total. The summed E-state index contributed by atoms with van der Waals surface area (Å²) < 4.78 is 19.6. The number of halogens is 1. The highest BCUT2D eigenvalue weighted by molar-refractivity contribution is 5.94. The van der Waals surface area contributed by atoms with Crippen molar-refractivity contribution in [1.29, 1.82) is 0 Å². The lowest BCUT2D eigenvalue weighted by molar-refractivity contribution is 0.0138. The second-order valence-corrected chi connectivity index (χ2v) is 6.93. The van der Waals surface area contributed by atoms with Crippen molar-refractivity contribution in [1.82, 2.24) is 14.8 Å². The van der Waals surface area contributed by atoms with Crippen LogP contribution in [0.3, 0.4) is 0 Å². The fourth-order valence-electron chi connectivity index (χ4n) is 3.50. The SMILES string of the molecule is O=C(c1cccc(OC2CN(Cc3ccncc3F)C2)c1)N1CCCC1. The van der Waals surface area contributed by atoms with Gasteiger partial charge in [-0.1, -0.05) is 6.07 Å². The van der Waals surface area contributed by atoms with Crippen LogP contribution in [0.15, 0.2) is 42.7 Å². The number of benzene rings is 1. The number of carbonyl (C=O) groups is 1. The fraction of sp³-hybridized carbons (Fsp3) is 0.400. The number of rotatable bonds is 5. The highest BCUT2D eigenvalue weighted by Crippen LogP contribution is 2.22. The Hall–Kier alpha value is -2.47. The monoisotopic (exact) mass is 355 g/mol. The smallest absolute Gasteiger partial charge is 0.253 e. The third-order valence-electron chi connectivity index (χ3n) is 4.95. The molecule has 0 bridgehead atoms. The van der Waals surface area contributed by atoms with E-state index in [0.717, 1.165) is 44.8 Å². The van der Waals surface area contributed by atoms with Crippen molar-refractivity contribution in [2.45, 2.75) is 25.5 Å². The zero-order chi connectivity index (χ0) is 17.9. The maximum absolute atomic E-state index is 13.6.